The van der Waals surface area contributed by atoms with Gasteiger partial charge in [0.1, 0.15) is 12.4 Å². The maximum absolute atomic E-state index is 11.3. The third-order valence-electron chi connectivity index (χ3n) is 3.01. The molecule has 3 N–H and O–H groups in total. The molecule has 2 rings (SSSR count). The summed E-state index contributed by atoms with van der Waals surface area (Å²) in [6.07, 6.45) is 3.98. The second kappa shape index (κ2) is 7.26. The van der Waals surface area contributed by atoms with Crippen LogP contribution in [-0.4, -0.2) is 5.91 Å². The van der Waals surface area contributed by atoms with Crippen molar-refractivity contribution in [2.24, 2.45) is 5.84 Å². The normalized spacial score (nSPS) is 10.6. The number of ether oxygens (including phenoxy) is 1. The molecule has 0 radical (unpaired) electrons. The highest BCUT2D eigenvalue weighted by molar-refractivity contribution is 5.93. The minimum atomic E-state index is -0.305. The van der Waals surface area contributed by atoms with Crippen molar-refractivity contribution < 1.29 is 9.53 Å². The van der Waals surface area contributed by atoms with Crippen LogP contribution >= 0.6 is 0 Å². The lowest BCUT2D eigenvalue weighted by molar-refractivity contribution is 0.0953. The van der Waals surface area contributed by atoms with Crippen LogP contribution < -0.4 is 16.0 Å². The summed E-state index contributed by atoms with van der Waals surface area (Å²) < 4.78 is 5.83. The predicted molar refractivity (Wildman–Crippen MR) is 83.6 cm³/mol. The first kappa shape index (κ1) is 14.8. The quantitative estimate of drug-likeness (QED) is 0.503. The molecule has 0 bridgehead atoms. The summed E-state index contributed by atoms with van der Waals surface area (Å²) in [5.74, 6) is 5.62. The molecule has 0 aliphatic carbocycles. The highest BCUT2D eigenvalue weighted by atomic mass is 16.5. The predicted octanol–water partition coefficient (Wildman–Crippen LogP) is 2.90. The Bertz CT molecular complexity index is 633. The molecule has 0 unspecified atom stereocenters. The molecular weight excluding hydrogens is 264 g/mol. The topological polar surface area (TPSA) is 64.3 Å². The molecule has 1 amide bonds. The number of hydrogen-bond acceptors (Lipinski definition) is 3. The van der Waals surface area contributed by atoms with E-state index in [1.807, 2.05) is 55.5 Å². The molecule has 0 fully saturated rings. The SMILES string of the molecule is C/C=C/c1ccccc1OCc1ccc(C(=O)NN)cc1. The molecular formula is C17H18N2O2. The molecule has 0 spiro atoms. The van der Waals surface area contributed by atoms with Gasteiger partial charge in [0.05, 0.1) is 0 Å². The van der Waals surface area contributed by atoms with Crippen LogP contribution in [0.3, 0.4) is 0 Å². The maximum atomic E-state index is 11.3. The van der Waals surface area contributed by atoms with E-state index >= 15 is 0 Å². The average molecular weight is 282 g/mol. The van der Waals surface area contributed by atoms with Crippen molar-refractivity contribution in [1.82, 2.24) is 5.43 Å². The van der Waals surface area contributed by atoms with Gasteiger partial charge in [-0.1, -0.05) is 42.5 Å². The minimum absolute atomic E-state index is 0.305. The first-order chi connectivity index (χ1) is 10.2. The molecule has 2 aromatic carbocycles. The van der Waals surface area contributed by atoms with Gasteiger partial charge in [0, 0.05) is 11.1 Å². The van der Waals surface area contributed by atoms with E-state index in [1.165, 1.54) is 0 Å². The van der Waals surface area contributed by atoms with Crippen LogP contribution in [0, 0.1) is 0 Å². The molecule has 108 valence electrons. The molecule has 21 heavy (non-hydrogen) atoms. The van der Waals surface area contributed by atoms with E-state index in [2.05, 4.69) is 5.43 Å². The van der Waals surface area contributed by atoms with Crippen LogP contribution in [0.2, 0.25) is 0 Å². The summed E-state index contributed by atoms with van der Waals surface area (Å²) in [7, 11) is 0. The van der Waals surface area contributed by atoms with Crippen molar-refractivity contribution in [3.05, 3.63) is 71.3 Å². The number of nitrogens with two attached hydrogens (primary N) is 1. The number of benzene rings is 2. The summed E-state index contributed by atoms with van der Waals surface area (Å²) in [6, 6.07) is 15.0. The number of amides is 1. The number of nitrogen functional groups attached to an aromatic ring is 1. The fourth-order valence-corrected chi connectivity index (χ4v) is 1.93. The van der Waals surface area contributed by atoms with Crippen LogP contribution in [0.15, 0.2) is 54.6 Å². The zero-order valence-electron chi connectivity index (χ0n) is 11.9. The van der Waals surface area contributed by atoms with E-state index in [4.69, 9.17) is 10.6 Å². The van der Waals surface area contributed by atoms with E-state index < -0.39 is 0 Å². The molecule has 0 aromatic heterocycles. The number of nitrogens with one attached hydrogen (secondary N) is 1. The number of para-hydroxylation sites is 1. The average Bonchev–Trinajstić information content (AvgIpc) is 2.54. The smallest absolute Gasteiger partial charge is 0.265 e. The number of carbonyl (C=O) groups excluding carboxylic acids is 1. The molecule has 0 aliphatic heterocycles. The molecule has 0 saturated carbocycles. The Morgan fingerprint density at radius 3 is 2.57 bits per heavy atom. The van der Waals surface area contributed by atoms with Gasteiger partial charge in [0.2, 0.25) is 0 Å². The van der Waals surface area contributed by atoms with Crippen molar-refractivity contribution in [3.63, 3.8) is 0 Å². The molecule has 0 saturated heterocycles. The Morgan fingerprint density at radius 1 is 1.19 bits per heavy atom. The van der Waals surface area contributed by atoms with Gasteiger partial charge in [0.15, 0.2) is 0 Å². The second-order valence-electron chi connectivity index (χ2n) is 4.50. The van der Waals surface area contributed by atoms with E-state index in [0.29, 0.717) is 12.2 Å². The number of carbonyl (C=O) groups is 1. The Labute approximate surface area is 124 Å². The van der Waals surface area contributed by atoms with Gasteiger partial charge in [-0.05, 0) is 30.7 Å². The van der Waals surface area contributed by atoms with E-state index in [0.717, 1.165) is 16.9 Å². The van der Waals surface area contributed by atoms with Crippen LogP contribution in [0.25, 0.3) is 6.08 Å². The van der Waals surface area contributed by atoms with E-state index in [1.54, 1.807) is 12.1 Å². The first-order valence-corrected chi connectivity index (χ1v) is 6.69. The zero-order chi connectivity index (χ0) is 15.1. The number of hydrogen-bond donors (Lipinski definition) is 2. The van der Waals surface area contributed by atoms with Gasteiger partial charge in [-0.2, -0.15) is 0 Å². The third kappa shape index (κ3) is 3.94. The molecule has 0 heterocycles. The Balaban J connectivity index is 2.05. The fraction of sp³-hybridized carbons (Fsp3) is 0.118. The largest absolute Gasteiger partial charge is 0.488 e. The van der Waals surface area contributed by atoms with Crippen molar-refractivity contribution in [1.29, 1.82) is 0 Å². The van der Waals surface area contributed by atoms with Crippen LogP contribution in [0.4, 0.5) is 0 Å². The monoisotopic (exact) mass is 282 g/mol. The van der Waals surface area contributed by atoms with Gasteiger partial charge < -0.3 is 4.74 Å². The van der Waals surface area contributed by atoms with E-state index in [9.17, 15) is 4.79 Å². The van der Waals surface area contributed by atoms with E-state index in [-0.39, 0.29) is 5.91 Å². The summed E-state index contributed by atoms with van der Waals surface area (Å²) in [4.78, 5) is 11.3. The number of allylic oxidation sites excluding steroid dienone is 1. The Hall–Kier alpha value is -2.59. The zero-order valence-corrected chi connectivity index (χ0v) is 11.9. The summed E-state index contributed by atoms with van der Waals surface area (Å²) >= 11 is 0. The second-order valence-corrected chi connectivity index (χ2v) is 4.50. The lowest BCUT2D eigenvalue weighted by Gasteiger charge is -2.09. The molecule has 0 aliphatic rings. The maximum Gasteiger partial charge on any atom is 0.265 e. The van der Waals surface area contributed by atoms with Crippen molar-refractivity contribution in [2.75, 3.05) is 0 Å². The lowest BCUT2D eigenvalue weighted by Crippen LogP contribution is -2.29. The lowest BCUT2D eigenvalue weighted by atomic mass is 10.1. The molecule has 2 aromatic rings. The molecule has 0 atom stereocenters. The van der Waals surface area contributed by atoms with Gasteiger partial charge in [0.25, 0.3) is 5.91 Å². The Morgan fingerprint density at radius 2 is 1.90 bits per heavy atom. The van der Waals surface area contributed by atoms with Gasteiger partial charge in [-0.15, -0.1) is 0 Å². The Kier molecular flexibility index (Phi) is 5.12. The summed E-state index contributed by atoms with van der Waals surface area (Å²) in [5, 5.41) is 0. The van der Waals surface area contributed by atoms with Crippen molar-refractivity contribution in [3.8, 4) is 5.75 Å². The summed E-state index contributed by atoms with van der Waals surface area (Å²) in [5.41, 5.74) is 4.65. The highest BCUT2D eigenvalue weighted by Gasteiger charge is 2.04. The third-order valence-corrected chi connectivity index (χ3v) is 3.01. The summed E-state index contributed by atoms with van der Waals surface area (Å²) in [6.45, 7) is 2.41. The first-order valence-electron chi connectivity index (χ1n) is 6.69. The molecule has 4 heteroatoms. The fourth-order valence-electron chi connectivity index (χ4n) is 1.93. The standard InChI is InChI=1S/C17H18N2O2/c1-2-5-14-6-3-4-7-16(14)21-12-13-8-10-15(11-9-13)17(20)19-18/h2-11H,12,18H2,1H3,(H,19,20)/b5-2+. The van der Waals surface area contributed by atoms with Crippen molar-refractivity contribution >= 4 is 12.0 Å². The number of rotatable bonds is 5. The number of hydrazine groups is 1. The highest BCUT2D eigenvalue weighted by Crippen LogP contribution is 2.20. The van der Waals surface area contributed by atoms with Crippen molar-refractivity contribution in [2.45, 2.75) is 13.5 Å². The van der Waals surface area contributed by atoms with Crippen LogP contribution in [0.5, 0.6) is 5.75 Å². The van der Waals surface area contributed by atoms with Gasteiger partial charge in [-0.25, -0.2) is 5.84 Å². The minimum Gasteiger partial charge on any atom is -0.488 e. The molecule has 4 nitrogen and oxygen atoms in total. The van der Waals surface area contributed by atoms with Crippen LogP contribution in [-0.2, 0) is 6.61 Å². The van der Waals surface area contributed by atoms with Crippen LogP contribution in [0.1, 0.15) is 28.4 Å². The van der Waals surface area contributed by atoms with Gasteiger partial charge >= 0.3 is 0 Å². The van der Waals surface area contributed by atoms with Gasteiger partial charge in [-0.3, -0.25) is 10.2 Å².